The first-order chi connectivity index (χ1) is 18.8. The quantitative estimate of drug-likeness (QED) is 0.132. The Bertz CT molecular complexity index is 1600. The summed E-state index contributed by atoms with van der Waals surface area (Å²) in [6.07, 6.45) is 1.60. The smallest absolute Gasteiger partial charge is 0.270 e. The molecule has 7 heteroatoms. The fraction of sp³-hybridized carbons (Fsp3) is 0.0938. The predicted octanol–water partition coefficient (Wildman–Crippen LogP) is 7.39. The van der Waals surface area contributed by atoms with Crippen molar-refractivity contribution in [1.29, 1.82) is 0 Å². The van der Waals surface area contributed by atoms with Gasteiger partial charge in [-0.2, -0.15) is 0 Å². The van der Waals surface area contributed by atoms with Gasteiger partial charge < -0.3 is 4.74 Å². The van der Waals surface area contributed by atoms with Crippen molar-refractivity contribution in [3.05, 3.63) is 129 Å². The molecular formula is C32H25BrN2O3S. The number of anilines is 2. The molecule has 1 saturated heterocycles. The van der Waals surface area contributed by atoms with Crippen LogP contribution in [0.5, 0.6) is 5.75 Å². The van der Waals surface area contributed by atoms with Gasteiger partial charge >= 0.3 is 0 Å². The van der Waals surface area contributed by atoms with E-state index in [1.54, 1.807) is 18.2 Å². The Kier molecular flexibility index (Phi) is 7.72. The molecule has 0 aromatic heterocycles. The van der Waals surface area contributed by atoms with E-state index in [2.05, 4.69) is 15.9 Å². The summed E-state index contributed by atoms with van der Waals surface area (Å²) in [6.45, 7) is 4.41. The zero-order valence-corrected chi connectivity index (χ0v) is 23.8. The summed E-state index contributed by atoms with van der Waals surface area (Å²) in [6, 6.07) is 30.2. The fourth-order valence-electron chi connectivity index (χ4n) is 4.25. The molecular weight excluding hydrogens is 572 g/mol. The van der Waals surface area contributed by atoms with Crippen molar-refractivity contribution in [2.45, 2.75) is 20.5 Å². The lowest BCUT2D eigenvalue weighted by Crippen LogP contribution is -2.57. The second-order valence-electron chi connectivity index (χ2n) is 9.19. The minimum atomic E-state index is -0.475. The van der Waals surface area contributed by atoms with E-state index in [0.717, 1.165) is 16.7 Å². The normalized spacial score (nSPS) is 14.7. The number of rotatable bonds is 6. The van der Waals surface area contributed by atoms with Crippen LogP contribution in [0.3, 0.4) is 0 Å². The van der Waals surface area contributed by atoms with Crippen molar-refractivity contribution >= 4 is 62.5 Å². The van der Waals surface area contributed by atoms with E-state index in [1.807, 2.05) is 98.8 Å². The molecule has 5 nitrogen and oxygen atoms in total. The van der Waals surface area contributed by atoms with Crippen LogP contribution in [0, 0.1) is 13.8 Å². The molecule has 4 aromatic carbocycles. The summed E-state index contributed by atoms with van der Waals surface area (Å²) in [5.41, 5.74) is 5.05. The highest BCUT2D eigenvalue weighted by Crippen LogP contribution is 2.32. The largest absolute Gasteiger partial charge is 0.488 e. The van der Waals surface area contributed by atoms with Gasteiger partial charge in [-0.05, 0) is 107 Å². The summed E-state index contributed by atoms with van der Waals surface area (Å²) in [4.78, 5) is 30.4. The molecule has 0 radical (unpaired) electrons. The van der Waals surface area contributed by atoms with Crippen LogP contribution in [0.1, 0.15) is 22.3 Å². The van der Waals surface area contributed by atoms with Gasteiger partial charge in [0.1, 0.15) is 17.9 Å². The number of ether oxygens (including phenoxy) is 1. The lowest BCUT2D eigenvalue weighted by molar-refractivity contribution is -0.120. The van der Waals surface area contributed by atoms with Gasteiger partial charge in [-0.25, -0.2) is 0 Å². The molecule has 0 atom stereocenters. The van der Waals surface area contributed by atoms with E-state index < -0.39 is 11.8 Å². The third kappa shape index (κ3) is 5.55. The molecule has 39 heavy (non-hydrogen) atoms. The third-order valence-electron chi connectivity index (χ3n) is 6.52. The summed E-state index contributed by atoms with van der Waals surface area (Å²) in [7, 11) is 0. The molecule has 0 aliphatic carbocycles. The molecule has 0 spiro atoms. The monoisotopic (exact) mass is 596 g/mol. The highest BCUT2D eigenvalue weighted by atomic mass is 79.9. The number of carbonyl (C=O) groups is 2. The maximum absolute atomic E-state index is 13.8. The number of nitrogens with zero attached hydrogens (tertiary/aromatic N) is 2. The fourth-order valence-corrected chi connectivity index (χ4v) is 5.14. The SMILES string of the molecule is Cc1ccc(N2C(=O)/C(=C\c3ccc(OCc4ccccc4)c(Br)c3)C(=O)N(c3ccccc3)C2=S)cc1C. The van der Waals surface area contributed by atoms with Crippen LogP contribution in [0.2, 0.25) is 0 Å². The molecule has 0 N–H and O–H groups in total. The van der Waals surface area contributed by atoms with Crippen molar-refractivity contribution in [3.63, 3.8) is 0 Å². The first-order valence-corrected chi connectivity index (χ1v) is 13.6. The number of benzene rings is 4. The summed E-state index contributed by atoms with van der Waals surface area (Å²) in [5, 5.41) is 0.113. The summed E-state index contributed by atoms with van der Waals surface area (Å²) < 4.78 is 6.67. The van der Waals surface area contributed by atoms with Crippen LogP contribution < -0.4 is 14.5 Å². The van der Waals surface area contributed by atoms with Crippen LogP contribution in [0.15, 0.2) is 107 Å². The molecule has 0 unspecified atom stereocenters. The van der Waals surface area contributed by atoms with Crippen molar-refractivity contribution in [3.8, 4) is 5.75 Å². The zero-order chi connectivity index (χ0) is 27.5. The van der Waals surface area contributed by atoms with Crippen molar-refractivity contribution in [1.82, 2.24) is 0 Å². The first kappa shape index (κ1) is 26.5. The Balaban J connectivity index is 1.51. The van der Waals surface area contributed by atoms with E-state index in [-0.39, 0.29) is 10.7 Å². The van der Waals surface area contributed by atoms with E-state index in [0.29, 0.717) is 33.8 Å². The van der Waals surface area contributed by atoms with Crippen molar-refractivity contribution < 1.29 is 14.3 Å². The van der Waals surface area contributed by atoms with Crippen molar-refractivity contribution in [2.75, 3.05) is 9.80 Å². The first-order valence-electron chi connectivity index (χ1n) is 12.4. The van der Waals surface area contributed by atoms with Gasteiger partial charge in [-0.15, -0.1) is 0 Å². The van der Waals surface area contributed by atoms with Crippen LogP contribution in [0.4, 0.5) is 11.4 Å². The molecule has 4 aromatic rings. The van der Waals surface area contributed by atoms with Gasteiger partial charge in [0.2, 0.25) is 0 Å². The van der Waals surface area contributed by atoms with Crippen molar-refractivity contribution in [2.24, 2.45) is 0 Å². The molecule has 5 rings (SSSR count). The van der Waals surface area contributed by atoms with E-state index in [4.69, 9.17) is 17.0 Å². The number of halogens is 1. The minimum Gasteiger partial charge on any atom is -0.488 e. The number of carbonyl (C=O) groups excluding carboxylic acids is 2. The van der Waals surface area contributed by atoms with Gasteiger partial charge in [0.15, 0.2) is 5.11 Å². The number of hydrogen-bond acceptors (Lipinski definition) is 4. The molecule has 0 bridgehead atoms. The number of aryl methyl sites for hydroxylation is 2. The molecule has 1 heterocycles. The summed E-state index contributed by atoms with van der Waals surface area (Å²) in [5.74, 6) is -0.288. The Morgan fingerprint density at radius 2 is 1.41 bits per heavy atom. The van der Waals surface area contributed by atoms with Gasteiger partial charge in [-0.1, -0.05) is 60.7 Å². The third-order valence-corrected chi connectivity index (χ3v) is 7.50. The molecule has 2 amide bonds. The molecule has 1 aliphatic rings. The maximum Gasteiger partial charge on any atom is 0.270 e. The Labute approximate surface area is 241 Å². The second-order valence-corrected chi connectivity index (χ2v) is 10.4. The number of amides is 2. The summed E-state index contributed by atoms with van der Waals surface area (Å²) >= 11 is 9.30. The van der Waals surface area contributed by atoms with E-state index in [1.165, 1.54) is 9.80 Å². The Morgan fingerprint density at radius 1 is 0.769 bits per heavy atom. The molecule has 1 aliphatic heterocycles. The van der Waals surface area contributed by atoms with Gasteiger partial charge in [0.25, 0.3) is 11.8 Å². The number of hydrogen-bond donors (Lipinski definition) is 0. The lowest BCUT2D eigenvalue weighted by atomic mass is 10.0. The standard InChI is InChI=1S/C32H25BrN2O3S/c1-21-13-15-26(17-22(21)2)35-31(37)27(30(36)34(32(35)39)25-11-7-4-8-12-25)18-24-14-16-29(28(33)19-24)38-20-23-9-5-3-6-10-23/h3-19H,20H2,1-2H3/b27-18-. The zero-order valence-electron chi connectivity index (χ0n) is 21.4. The predicted molar refractivity (Wildman–Crippen MR) is 163 cm³/mol. The van der Waals surface area contributed by atoms with Gasteiger partial charge in [0, 0.05) is 0 Å². The lowest BCUT2D eigenvalue weighted by Gasteiger charge is -2.36. The number of thiocarbonyl (C=S) groups is 1. The van der Waals surface area contributed by atoms with Gasteiger partial charge in [-0.3, -0.25) is 19.4 Å². The van der Waals surface area contributed by atoms with Crippen LogP contribution in [-0.2, 0) is 16.2 Å². The maximum atomic E-state index is 13.8. The van der Waals surface area contributed by atoms with E-state index in [9.17, 15) is 9.59 Å². The van der Waals surface area contributed by atoms with E-state index >= 15 is 0 Å². The average Bonchev–Trinajstić information content (AvgIpc) is 2.94. The van der Waals surface area contributed by atoms with Crippen LogP contribution in [0.25, 0.3) is 6.08 Å². The molecule has 1 fully saturated rings. The second kappa shape index (κ2) is 11.4. The van der Waals surface area contributed by atoms with Crippen LogP contribution in [-0.4, -0.2) is 16.9 Å². The molecule has 194 valence electrons. The highest BCUT2D eigenvalue weighted by Gasteiger charge is 2.41. The minimum absolute atomic E-state index is 0.00975. The highest BCUT2D eigenvalue weighted by molar-refractivity contribution is 9.10. The Morgan fingerprint density at radius 3 is 2.05 bits per heavy atom. The topological polar surface area (TPSA) is 49.9 Å². The average molecular weight is 598 g/mol. The number of para-hydroxylation sites is 1. The van der Waals surface area contributed by atoms with Gasteiger partial charge in [0.05, 0.1) is 15.8 Å². The molecule has 0 saturated carbocycles. The van der Waals surface area contributed by atoms with Crippen LogP contribution >= 0.6 is 28.1 Å². The Hall–Kier alpha value is -4.07.